The van der Waals surface area contributed by atoms with Gasteiger partial charge in [-0.2, -0.15) is 0 Å². The Labute approximate surface area is 71.4 Å². The average molecular weight is 171 g/mol. The molecule has 3 heteroatoms. The third kappa shape index (κ3) is 1.87. The number of anilines is 1. The second-order valence-corrected chi connectivity index (χ2v) is 3.08. The van der Waals surface area contributed by atoms with E-state index in [2.05, 4.69) is 12.8 Å². The first-order chi connectivity index (χ1) is 5.11. The number of aryl methyl sites for hydroxylation is 1. The Kier molecular flexibility index (Phi) is 2.39. The Hall–Kier alpha value is -0.700. The molecule has 0 atom stereocenters. The van der Waals surface area contributed by atoms with E-state index in [-0.39, 0.29) is 5.82 Å². The zero-order valence-corrected chi connectivity index (χ0v) is 7.40. The number of halogens is 1. The number of rotatable bonds is 1. The molecular formula is C8H10FNS. The van der Waals surface area contributed by atoms with Gasteiger partial charge in [-0.25, -0.2) is 4.39 Å². The van der Waals surface area contributed by atoms with E-state index in [1.807, 2.05) is 13.0 Å². The van der Waals surface area contributed by atoms with Crippen molar-refractivity contribution >= 4 is 18.5 Å². The topological polar surface area (TPSA) is 3.24 Å². The van der Waals surface area contributed by atoms with Crippen LogP contribution in [0.15, 0.2) is 18.2 Å². The summed E-state index contributed by atoms with van der Waals surface area (Å²) < 4.78 is 14.5. The molecule has 0 unspecified atom stereocenters. The smallest absolute Gasteiger partial charge is 0.147 e. The fourth-order valence-electron chi connectivity index (χ4n) is 0.874. The predicted octanol–water partition coefficient (Wildman–Crippen LogP) is 2.42. The lowest BCUT2D eigenvalue weighted by Gasteiger charge is -2.11. The summed E-state index contributed by atoms with van der Waals surface area (Å²) in [6.07, 6.45) is 0. The molecule has 0 heterocycles. The number of hydrogen-bond acceptors (Lipinski definition) is 2. The van der Waals surface area contributed by atoms with Crippen LogP contribution in [0.4, 0.5) is 10.1 Å². The van der Waals surface area contributed by atoms with E-state index in [0.29, 0.717) is 5.69 Å². The maximum atomic E-state index is 13.0. The maximum Gasteiger partial charge on any atom is 0.147 e. The van der Waals surface area contributed by atoms with Gasteiger partial charge >= 0.3 is 0 Å². The summed E-state index contributed by atoms with van der Waals surface area (Å²) in [4.78, 5) is 0. The molecule has 0 N–H and O–H groups in total. The average Bonchev–Trinajstić information content (AvgIpc) is 1.85. The quantitative estimate of drug-likeness (QED) is 0.635. The van der Waals surface area contributed by atoms with Crippen LogP contribution in [0, 0.1) is 12.7 Å². The van der Waals surface area contributed by atoms with Crippen LogP contribution in [0.2, 0.25) is 0 Å². The van der Waals surface area contributed by atoms with Gasteiger partial charge in [0.15, 0.2) is 0 Å². The lowest BCUT2D eigenvalue weighted by atomic mass is 10.2. The summed E-state index contributed by atoms with van der Waals surface area (Å²) >= 11 is 3.98. The Morgan fingerprint density at radius 2 is 2.09 bits per heavy atom. The zero-order chi connectivity index (χ0) is 8.43. The van der Waals surface area contributed by atoms with Crippen LogP contribution in [0.5, 0.6) is 0 Å². The first kappa shape index (κ1) is 8.40. The van der Waals surface area contributed by atoms with Gasteiger partial charge in [0.1, 0.15) is 5.82 Å². The van der Waals surface area contributed by atoms with Crippen LogP contribution in [-0.2, 0) is 0 Å². The van der Waals surface area contributed by atoms with Crippen LogP contribution in [0.3, 0.4) is 0 Å². The standard InChI is InChI=1S/C8H10FNS/c1-6-3-4-8(10(2)11)7(9)5-6/h3-5,11H,1-2H3. The molecule has 1 aromatic rings. The van der Waals surface area contributed by atoms with Gasteiger partial charge in [-0.05, 0) is 24.6 Å². The molecule has 0 aliphatic carbocycles. The number of benzene rings is 1. The molecule has 1 nitrogen and oxygen atoms in total. The minimum absolute atomic E-state index is 0.234. The third-order valence-electron chi connectivity index (χ3n) is 1.45. The van der Waals surface area contributed by atoms with Crippen LogP contribution in [0.25, 0.3) is 0 Å². The first-order valence-corrected chi connectivity index (χ1v) is 3.70. The van der Waals surface area contributed by atoms with Crippen LogP contribution in [0.1, 0.15) is 5.56 Å². The summed E-state index contributed by atoms with van der Waals surface area (Å²) in [6.45, 7) is 1.85. The minimum atomic E-state index is -0.234. The summed E-state index contributed by atoms with van der Waals surface area (Å²) in [7, 11) is 1.69. The predicted molar refractivity (Wildman–Crippen MR) is 48.5 cm³/mol. The highest BCUT2D eigenvalue weighted by Crippen LogP contribution is 2.19. The second-order valence-electron chi connectivity index (χ2n) is 2.48. The number of hydrogen-bond donors (Lipinski definition) is 1. The maximum absolute atomic E-state index is 13.0. The van der Waals surface area contributed by atoms with Crippen molar-refractivity contribution in [2.75, 3.05) is 11.4 Å². The van der Waals surface area contributed by atoms with Crippen LogP contribution >= 0.6 is 12.8 Å². The monoisotopic (exact) mass is 171 g/mol. The number of thiol groups is 1. The fraction of sp³-hybridized carbons (Fsp3) is 0.250. The molecular weight excluding hydrogens is 161 g/mol. The van der Waals surface area contributed by atoms with Crippen molar-refractivity contribution in [2.24, 2.45) is 0 Å². The van der Waals surface area contributed by atoms with Gasteiger partial charge in [0.05, 0.1) is 5.69 Å². The van der Waals surface area contributed by atoms with Crippen molar-refractivity contribution in [2.45, 2.75) is 6.92 Å². The van der Waals surface area contributed by atoms with Crippen molar-refractivity contribution in [1.82, 2.24) is 0 Å². The first-order valence-electron chi connectivity index (χ1n) is 3.30. The molecule has 11 heavy (non-hydrogen) atoms. The van der Waals surface area contributed by atoms with Crippen molar-refractivity contribution in [3.8, 4) is 0 Å². The Bertz CT molecular complexity index is 260. The molecule has 0 aromatic heterocycles. The van der Waals surface area contributed by atoms with E-state index in [0.717, 1.165) is 5.56 Å². The van der Waals surface area contributed by atoms with Crippen LogP contribution < -0.4 is 4.31 Å². The Morgan fingerprint density at radius 3 is 2.55 bits per heavy atom. The summed E-state index contributed by atoms with van der Waals surface area (Å²) in [5.41, 5.74) is 1.42. The second kappa shape index (κ2) is 3.13. The van der Waals surface area contributed by atoms with Gasteiger partial charge in [0.2, 0.25) is 0 Å². The highest BCUT2D eigenvalue weighted by molar-refractivity contribution is 7.81. The van der Waals surface area contributed by atoms with E-state index in [4.69, 9.17) is 0 Å². The lowest BCUT2D eigenvalue weighted by molar-refractivity contribution is 0.628. The van der Waals surface area contributed by atoms with Gasteiger partial charge < -0.3 is 4.31 Å². The van der Waals surface area contributed by atoms with Gasteiger partial charge in [0.25, 0.3) is 0 Å². The molecule has 0 saturated carbocycles. The molecule has 0 amide bonds. The third-order valence-corrected chi connectivity index (χ3v) is 1.67. The SMILES string of the molecule is Cc1ccc(N(C)S)c(F)c1. The molecule has 0 radical (unpaired) electrons. The molecule has 1 aromatic carbocycles. The van der Waals surface area contributed by atoms with E-state index >= 15 is 0 Å². The summed E-state index contributed by atoms with van der Waals surface area (Å²) in [5, 5.41) is 0. The van der Waals surface area contributed by atoms with Crippen molar-refractivity contribution in [3.05, 3.63) is 29.6 Å². The highest BCUT2D eigenvalue weighted by atomic mass is 32.1. The molecule has 1 rings (SSSR count). The normalized spacial score (nSPS) is 9.82. The molecule has 0 aliphatic rings. The molecule has 60 valence electrons. The Balaban J connectivity index is 3.09. The van der Waals surface area contributed by atoms with Crippen LogP contribution in [-0.4, -0.2) is 7.05 Å². The molecule has 0 saturated heterocycles. The molecule has 0 fully saturated rings. The van der Waals surface area contributed by atoms with Gasteiger partial charge in [-0.1, -0.05) is 18.9 Å². The molecule has 0 spiro atoms. The largest absolute Gasteiger partial charge is 0.319 e. The molecule has 0 bridgehead atoms. The van der Waals surface area contributed by atoms with Gasteiger partial charge in [-0.3, -0.25) is 0 Å². The van der Waals surface area contributed by atoms with E-state index in [9.17, 15) is 4.39 Å². The van der Waals surface area contributed by atoms with E-state index < -0.39 is 0 Å². The van der Waals surface area contributed by atoms with Crippen molar-refractivity contribution in [3.63, 3.8) is 0 Å². The fourth-order valence-corrected chi connectivity index (χ4v) is 1.04. The summed E-state index contributed by atoms with van der Waals surface area (Å²) in [5.74, 6) is -0.234. The zero-order valence-electron chi connectivity index (χ0n) is 6.50. The van der Waals surface area contributed by atoms with Gasteiger partial charge in [-0.15, -0.1) is 0 Å². The van der Waals surface area contributed by atoms with Gasteiger partial charge in [0, 0.05) is 7.05 Å². The van der Waals surface area contributed by atoms with E-state index in [1.54, 1.807) is 13.1 Å². The highest BCUT2D eigenvalue weighted by Gasteiger charge is 2.02. The molecule has 0 aliphatic heterocycles. The van der Waals surface area contributed by atoms with E-state index in [1.165, 1.54) is 10.4 Å². The minimum Gasteiger partial charge on any atom is -0.319 e. The Morgan fingerprint density at radius 1 is 1.45 bits per heavy atom. The number of nitrogens with zero attached hydrogens (tertiary/aromatic N) is 1. The van der Waals surface area contributed by atoms with Crippen molar-refractivity contribution in [1.29, 1.82) is 0 Å². The van der Waals surface area contributed by atoms with Crippen molar-refractivity contribution < 1.29 is 4.39 Å². The lowest BCUT2D eigenvalue weighted by Crippen LogP contribution is -2.03. The summed E-state index contributed by atoms with van der Waals surface area (Å²) in [6, 6.07) is 5.05.